The van der Waals surface area contributed by atoms with Crippen LogP contribution in [0.1, 0.15) is 34.5 Å². The van der Waals surface area contributed by atoms with Gasteiger partial charge in [0.15, 0.2) is 0 Å². The van der Waals surface area contributed by atoms with Crippen LogP contribution in [0.2, 0.25) is 0 Å². The minimum atomic E-state index is -3.82. The largest absolute Gasteiger partial charge is 0.478 e. The van der Waals surface area contributed by atoms with Gasteiger partial charge in [0.25, 0.3) is 0 Å². The molecule has 0 bridgehead atoms. The van der Waals surface area contributed by atoms with Crippen LogP contribution >= 0.6 is 0 Å². The second kappa shape index (κ2) is 9.56. The van der Waals surface area contributed by atoms with Crippen LogP contribution < -0.4 is 10.0 Å². The lowest BCUT2D eigenvalue weighted by molar-refractivity contribution is 0.0697. The van der Waals surface area contributed by atoms with E-state index in [2.05, 4.69) is 10.0 Å². The molecule has 3 aromatic carbocycles. The fourth-order valence-corrected chi connectivity index (χ4v) is 4.17. The number of carboxylic acids is 1. The number of aromatic carboxylic acids is 1. The van der Waals surface area contributed by atoms with E-state index >= 15 is 0 Å². The molecule has 0 aromatic heterocycles. The van der Waals surface area contributed by atoms with Gasteiger partial charge < -0.3 is 10.4 Å². The number of carbonyl (C=O) groups is 1. The molecule has 0 unspecified atom stereocenters. The predicted octanol–water partition coefficient (Wildman–Crippen LogP) is 4.08. The van der Waals surface area contributed by atoms with Gasteiger partial charge in [-0.05, 0) is 42.7 Å². The van der Waals surface area contributed by atoms with Crippen molar-refractivity contribution in [1.82, 2.24) is 4.72 Å². The minimum absolute atomic E-state index is 0.0779. The van der Waals surface area contributed by atoms with Crippen LogP contribution in [0.15, 0.2) is 83.8 Å². The first kappa shape index (κ1) is 21.5. The lowest BCUT2D eigenvalue weighted by Crippen LogP contribution is -2.26. The molecule has 3 aromatic rings. The number of nitrogens with one attached hydrogen (secondary N) is 2. The van der Waals surface area contributed by atoms with Crippen molar-refractivity contribution in [2.24, 2.45) is 0 Å². The summed E-state index contributed by atoms with van der Waals surface area (Å²) < 4.78 is 27.8. The highest BCUT2D eigenvalue weighted by molar-refractivity contribution is 7.89. The number of hydrogen-bond acceptors (Lipinski definition) is 4. The van der Waals surface area contributed by atoms with E-state index in [0.717, 1.165) is 11.1 Å². The van der Waals surface area contributed by atoms with Gasteiger partial charge in [-0.15, -0.1) is 0 Å². The molecule has 0 aliphatic carbocycles. The molecule has 30 heavy (non-hydrogen) atoms. The van der Waals surface area contributed by atoms with E-state index in [9.17, 15) is 18.3 Å². The van der Waals surface area contributed by atoms with Crippen molar-refractivity contribution < 1.29 is 18.3 Å². The normalized spacial score (nSPS) is 12.3. The van der Waals surface area contributed by atoms with Crippen LogP contribution in [0.5, 0.6) is 0 Å². The average Bonchev–Trinajstić information content (AvgIpc) is 2.75. The molecule has 0 aliphatic heterocycles. The molecule has 0 saturated heterocycles. The van der Waals surface area contributed by atoms with Crippen LogP contribution in [0, 0.1) is 0 Å². The Balaban J connectivity index is 1.75. The molecule has 3 rings (SSSR count). The summed E-state index contributed by atoms with van der Waals surface area (Å²) in [6, 6.07) is 23.1. The zero-order chi connectivity index (χ0) is 21.6. The van der Waals surface area contributed by atoms with E-state index in [0.29, 0.717) is 12.1 Å². The predicted molar refractivity (Wildman–Crippen MR) is 117 cm³/mol. The molecule has 0 saturated carbocycles. The first-order valence-corrected chi connectivity index (χ1v) is 11.1. The van der Waals surface area contributed by atoms with Crippen molar-refractivity contribution in [2.45, 2.75) is 24.3 Å². The SMILES string of the molecule is C[C@H](Nc1ccc(S(=O)(=O)NCCc2ccccc2)cc1C(=O)O)c1ccccc1. The fourth-order valence-electron chi connectivity index (χ4n) is 3.11. The maximum Gasteiger partial charge on any atom is 0.337 e. The Morgan fingerprint density at radius 2 is 1.60 bits per heavy atom. The van der Waals surface area contributed by atoms with Crippen molar-refractivity contribution >= 4 is 21.7 Å². The molecular weight excluding hydrogens is 400 g/mol. The Bertz CT molecular complexity index is 1100. The number of hydrogen-bond donors (Lipinski definition) is 3. The quantitative estimate of drug-likeness (QED) is 0.481. The Morgan fingerprint density at radius 3 is 2.23 bits per heavy atom. The molecule has 0 fully saturated rings. The van der Waals surface area contributed by atoms with Gasteiger partial charge in [0.2, 0.25) is 10.0 Å². The van der Waals surface area contributed by atoms with E-state index in [1.807, 2.05) is 67.6 Å². The lowest BCUT2D eigenvalue weighted by Gasteiger charge is -2.18. The summed E-state index contributed by atoms with van der Waals surface area (Å²) in [5.74, 6) is -1.20. The first-order chi connectivity index (χ1) is 14.4. The summed E-state index contributed by atoms with van der Waals surface area (Å²) in [5, 5.41) is 12.8. The van der Waals surface area contributed by atoms with E-state index < -0.39 is 16.0 Å². The number of rotatable bonds is 9. The van der Waals surface area contributed by atoms with Gasteiger partial charge in [0.1, 0.15) is 0 Å². The molecular formula is C23H24N2O4S. The highest BCUT2D eigenvalue weighted by Crippen LogP contribution is 2.25. The standard InChI is InChI=1S/C23H24N2O4S/c1-17(19-10-6-3-7-11-19)25-22-13-12-20(16-21(22)23(26)27)30(28,29)24-15-14-18-8-4-2-5-9-18/h2-13,16-17,24-25H,14-15H2,1H3,(H,26,27)/t17-/m0/s1. The summed E-state index contributed by atoms with van der Waals surface area (Å²) in [6.45, 7) is 2.14. The van der Waals surface area contributed by atoms with Crippen molar-refractivity contribution in [3.63, 3.8) is 0 Å². The van der Waals surface area contributed by atoms with Crippen LogP contribution in [-0.2, 0) is 16.4 Å². The maximum atomic E-state index is 12.6. The summed E-state index contributed by atoms with van der Waals surface area (Å²) >= 11 is 0. The molecule has 6 nitrogen and oxygen atoms in total. The Kier molecular flexibility index (Phi) is 6.87. The van der Waals surface area contributed by atoms with Crippen LogP contribution in [0.4, 0.5) is 5.69 Å². The number of benzene rings is 3. The highest BCUT2D eigenvalue weighted by atomic mass is 32.2. The summed E-state index contributed by atoms with van der Waals surface area (Å²) in [5.41, 5.74) is 2.28. The first-order valence-electron chi connectivity index (χ1n) is 9.59. The van der Waals surface area contributed by atoms with E-state index in [1.54, 1.807) is 0 Å². The van der Waals surface area contributed by atoms with Crippen molar-refractivity contribution in [2.75, 3.05) is 11.9 Å². The summed E-state index contributed by atoms with van der Waals surface area (Å²) in [4.78, 5) is 11.7. The maximum absolute atomic E-state index is 12.6. The third-order valence-corrected chi connectivity index (χ3v) is 6.21. The topological polar surface area (TPSA) is 95.5 Å². The smallest absolute Gasteiger partial charge is 0.337 e. The molecule has 0 spiro atoms. The molecule has 0 heterocycles. The molecule has 0 aliphatic rings. The van der Waals surface area contributed by atoms with Crippen molar-refractivity contribution in [3.8, 4) is 0 Å². The molecule has 7 heteroatoms. The number of anilines is 1. The van der Waals surface area contributed by atoms with Crippen LogP contribution in [0.3, 0.4) is 0 Å². The van der Waals surface area contributed by atoms with Gasteiger partial charge >= 0.3 is 5.97 Å². The third kappa shape index (κ3) is 5.46. The summed E-state index contributed by atoms with van der Waals surface area (Å²) in [7, 11) is -3.82. The van der Waals surface area contributed by atoms with Crippen molar-refractivity contribution in [3.05, 3.63) is 95.6 Å². The van der Waals surface area contributed by atoms with Crippen LogP contribution in [-0.4, -0.2) is 26.0 Å². The Morgan fingerprint density at radius 1 is 0.967 bits per heavy atom. The van der Waals surface area contributed by atoms with Gasteiger partial charge in [0.05, 0.1) is 10.5 Å². The average molecular weight is 425 g/mol. The zero-order valence-electron chi connectivity index (χ0n) is 16.6. The monoisotopic (exact) mass is 424 g/mol. The molecule has 0 amide bonds. The van der Waals surface area contributed by atoms with Crippen LogP contribution in [0.25, 0.3) is 0 Å². The Labute approximate surface area is 176 Å². The van der Waals surface area contributed by atoms with Crippen molar-refractivity contribution in [1.29, 1.82) is 0 Å². The minimum Gasteiger partial charge on any atom is -0.478 e. The fraction of sp³-hybridized carbons (Fsp3) is 0.174. The number of carboxylic acid groups (broad SMARTS) is 1. The molecule has 0 radical (unpaired) electrons. The second-order valence-corrected chi connectivity index (χ2v) is 8.69. The van der Waals surface area contributed by atoms with Gasteiger partial charge in [0, 0.05) is 18.3 Å². The second-order valence-electron chi connectivity index (χ2n) is 6.92. The Hall–Kier alpha value is -3.16. The number of sulfonamides is 1. The van der Waals surface area contributed by atoms with Gasteiger partial charge in [-0.3, -0.25) is 0 Å². The highest BCUT2D eigenvalue weighted by Gasteiger charge is 2.20. The van der Waals surface area contributed by atoms with E-state index in [4.69, 9.17) is 0 Å². The van der Waals surface area contributed by atoms with E-state index in [-0.39, 0.29) is 23.0 Å². The molecule has 156 valence electrons. The lowest BCUT2D eigenvalue weighted by atomic mass is 10.1. The third-order valence-electron chi connectivity index (χ3n) is 4.75. The van der Waals surface area contributed by atoms with Gasteiger partial charge in [-0.25, -0.2) is 17.9 Å². The van der Waals surface area contributed by atoms with E-state index in [1.165, 1.54) is 18.2 Å². The van der Waals surface area contributed by atoms with Gasteiger partial charge in [-0.2, -0.15) is 0 Å². The molecule has 1 atom stereocenters. The zero-order valence-corrected chi connectivity index (χ0v) is 17.4. The molecule has 3 N–H and O–H groups in total. The summed E-state index contributed by atoms with van der Waals surface area (Å²) in [6.07, 6.45) is 0.542. The van der Waals surface area contributed by atoms with Gasteiger partial charge in [-0.1, -0.05) is 60.7 Å².